The summed E-state index contributed by atoms with van der Waals surface area (Å²) in [6.45, 7) is 5.37. The zero-order valence-corrected chi connectivity index (χ0v) is 16.6. The van der Waals surface area contributed by atoms with E-state index in [4.69, 9.17) is 0 Å². The number of aromatic nitrogens is 4. The minimum absolute atomic E-state index is 0.0677. The van der Waals surface area contributed by atoms with E-state index in [0.717, 1.165) is 6.07 Å². The van der Waals surface area contributed by atoms with E-state index in [2.05, 4.69) is 15.0 Å². The molecule has 0 radical (unpaired) electrons. The molecule has 4 rings (SSSR count). The molecule has 1 aliphatic heterocycles. The summed E-state index contributed by atoms with van der Waals surface area (Å²) in [7, 11) is 0. The maximum absolute atomic E-state index is 14.1. The van der Waals surface area contributed by atoms with Gasteiger partial charge in [-0.15, -0.1) is 0 Å². The number of hydrogen-bond acceptors (Lipinski definition) is 5. The Morgan fingerprint density at radius 1 is 1.03 bits per heavy atom. The highest BCUT2D eigenvalue weighted by molar-refractivity contribution is 5.55. The molecule has 6 nitrogen and oxygen atoms in total. The lowest BCUT2D eigenvalue weighted by molar-refractivity contribution is 0.274. The number of anilines is 1. The van der Waals surface area contributed by atoms with Gasteiger partial charge in [-0.2, -0.15) is 0 Å². The van der Waals surface area contributed by atoms with Crippen LogP contribution >= 0.6 is 0 Å². The van der Waals surface area contributed by atoms with Crippen molar-refractivity contribution in [3.63, 3.8) is 0 Å². The molecule has 1 aromatic carbocycles. The van der Waals surface area contributed by atoms with Crippen LogP contribution in [0.15, 0.2) is 41.6 Å². The smallest absolute Gasteiger partial charge is 0.255 e. The molecule has 1 aliphatic rings. The molecule has 0 spiro atoms. The molecule has 0 bridgehead atoms. The summed E-state index contributed by atoms with van der Waals surface area (Å²) in [5.74, 6) is -2.67. The van der Waals surface area contributed by atoms with Gasteiger partial charge in [-0.3, -0.25) is 9.36 Å². The van der Waals surface area contributed by atoms with Gasteiger partial charge >= 0.3 is 0 Å². The van der Waals surface area contributed by atoms with E-state index in [0.29, 0.717) is 36.5 Å². The SMILES string of the molecule is CC1(C)CN(CCc2cc(F)c(F)cc2F)c2nc(-c3ccncn3)cc(=O)n2C1. The molecule has 9 heteroatoms. The molecule has 0 N–H and O–H groups in total. The van der Waals surface area contributed by atoms with Crippen LogP contribution in [-0.4, -0.2) is 32.6 Å². The Hall–Kier alpha value is -3.23. The van der Waals surface area contributed by atoms with Gasteiger partial charge in [0.2, 0.25) is 5.95 Å². The summed E-state index contributed by atoms with van der Waals surface area (Å²) < 4.78 is 42.4. The lowest BCUT2D eigenvalue weighted by atomic mass is 9.90. The summed E-state index contributed by atoms with van der Waals surface area (Å²) in [4.78, 5) is 27.3. The Kier molecular flexibility index (Phi) is 5.05. The Balaban J connectivity index is 1.70. The fourth-order valence-electron chi connectivity index (χ4n) is 3.71. The Bertz CT molecular complexity index is 1150. The average molecular weight is 415 g/mol. The second-order valence-electron chi connectivity index (χ2n) is 8.15. The number of fused-ring (bicyclic) bond motifs is 1. The third kappa shape index (κ3) is 3.92. The molecule has 156 valence electrons. The fourth-order valence-corrected chi connectivity index (χ4v) is 3.71. The molecule has 2 aromatic heterocycles. The van der Waals surface area contributed by atoms with Gasteiger partial charge < -0.3 is 4.90 Å². The van der Waals surface area contributed by atoms with Gasteiger partial charge in [0.1, 0.15) is 12.1 Å². The van der Waals surface area contributed by atoms with E-state index in [-0.39, 0.29) is 29.5 Å². The minimum Gasteiger partial charge on any atom is -0.341 e. The predicted molar refractivity (Wildman–Crippen MR) is 106 cm³/mol. The topological polar surface area (TPSA) is 63.9 Å². The van der Waals surface area contributed by atoms with Crippen LogP contribution in [0.4, 0.5) is 19.1 Å². The highest BCUT2D eigenvalue weighted by Gasteiger charge is 2.32. The first-order chi connectivity index (χ1) is 14.2. The van der Waals surface area contributed by atoms with Crippen LogP contribution in [0, 0.1) is 22.9 Å². The van der Waals surface area contributed by atoms with Crippen molar-refractivity contribution in [3.05, 3.63) is 70.2 Å². The molecule has 0 atom stereocenters. The lowest BCUT2D eigenvalue weighted by Gasteiger charge is -2.40. The normalized spacial score (nSPS) is 15.2. The second-order valence-corrected chi connectivity index (χ2v) is 8.15. The van der Waals surface area contributed by atoms with Crippen molar-refractivity contribution in [2.75, 3.05) is 18.0 Å². The largest absolute Gasteiger partial charge is 0.341 e. The fraction of sp³-hybridized carbons (Fsp3) is 0.333. The molecule has 0 unspecified atom stereocenters. The van der Waals surface area contributed by atoms with Crippen LogP contribution in [0.2, 0.25) is 0 Å². The maximum Gasteiger partial charge on any atom is 0.255 e. The van der Waals surface area contributed by atoms with Crippen molar-refractivity contribution >= 4 is 5.95 Å². The molecule has 3 aromatic rings. The van der Waals surface area contributed by atoms with Crippen molar-refractivity contribution in [1.82, 2.24) is 19.5 Å². The van der Waals surface area contributed by atoms with E-state index in [1.165, 1.54) is 12.4 Å². The molecular formula is C21H20F3N5O. The first kappa shape index (κ1) is 20.1. The molecule has 3 heterocycles. The van der Waals surface area contributed by atoms with Gasteiger partial charge in [0, 0.05) is 43.4 Å². The first-order valence-electron chi connectivity index (χ1n) is 9.50. The van der Waals surface area contributed by atoms with Gasteiger partial charge in [0.15, 0.2) is 11.6 Å². The zero-order chi connectivity index (χ0) is 21.5. The molecular weight excluding hydrogens is 395 g/mol. The van der Waals surface area contributed by atoms with E-state index >= 15 is 0 Å². The van der Waals surface area contributed by atoms with Crippen molar-refractivity contribution in [2.24, 2.45) is 5.41 Å². The summed E-state index contributed by atoms with van der Waals surface area (Å²) in [5.41, 5.74) is 0.546. The average Bonchev–Trinajstić information content (AvgIpc) is 2.70. The van der Waals surface area contributed by atoms with Crippen LogP contribution in [0.5, 0.6) is 0 Å². The van der Waals surface area contributed by atoms with Crippen LogP contribution in [-0.2, 0) is 13.0 Å². The molecule has 0 saturated heterocycles. The third-order valence-electron chi connectivity index (χ3n) is 5.06. The van der Waals surface area contributed by atoms with Crippen LogP contribution < -0.4 is 10.5 Å². The van der Waals surface area contributed by atoms with Crippen molar-refractivity contribution in [3.8, 4) is 11.4 Å². The zero-order valence-electron chi connectivity index (χ0n) is 16.6. The highest BCUT2D eigenvalue weighted by atomic mass is 19.2. The predicted octanol–water partition coefficient (Wildman–Crippen LogP) is 3.21. The van der Waals surface area contributed by atoms with Gasteiger partial charge in [-0.25, -0.2) is 28.1 Å². The molecule has 30 heavy (non-hydrogen) atoms. The summed E-state index contributed by atoms with van der Waals surface area (Å²) in [6.07, 6.45) is 3.07. The standard InChI is InChI=1S/C21H20F3N5O/c1-21(2)10-28(6-4-13-7-15(23)16(24)8-14(13)22)20-27-18(9-19(30)29(20)11-21)17-3-5-25-12-26-17/h3,5,7-9,12H,4,6,10-11H2,1-2H3. The number of halogens is 3. The number of hydrogen-bond donors (Lipinski definition) is 0. The number of nitrogens with zero attached hydrogens (tertiary/aromatic N) is 5. The second kappa shape index (κ2) is 7.55. The van der Waals surface area contributed by atoms with E-state index in [1.54, 1.807) is 16.8 Å². The van der Waals surface area contributed by atoms with Gasteiger partial charge in [-0.05, 0) is 24.1 Å². The van der Waals surface area contributed by atoms with Crippen LogP contribution in [0.25, 0.3) is 11.4 Å². The van der Waals surface area contributed by atoms with Gasteiger partial charge in [0.25, 0.3) is 5.56 Å². The quantitative estimate of drug-likeness (QED) is 0.613. The number of benzene rings is 1. The highest BCUT2D eigenvalue weighted by Crippen LogP contribution is 2.30. The van der Waals surface area contributed by atoms with Crippen LogP contribution in [0.3, 0.4) is 0 Å². The van der Waals surface area contributed by atoms with E-state index in [9.17, 15) is 18.0 Å². The van der Waals surface area contributed by atoms with Gasteiger partial charge in [-0.1, -0.05) is 13.8 Å². The monoisotopic (exact) mass is 415 g/mol. The lowest BCUT2D eigenvalue weighted by Crippen LogP contribution is -2.48. The summed E-state index contributed by atoms with van der Waals surface area (Å²) in [5, 5.41) is 0. The first-order valence-corrected chi connectivity index (χ1v) is 9.50. The maximum atomic E-state index is 14.1. The third-order valence-corrected chi connectivity index (χ3v) is 5.06. The Morgan fingerprint density at radius 3 is 2.53 bits per heavy atom. The summed E-state index contributed by atoms with van der Waals surface area (Å²) in [6, 6.07) is 4.51. The number of rotatable bonds is 4. The van der Waals surface area contributed by atoms with E-state index in [1.807, 2.05) is 18.7 Å². The van der Waals surface area contributed by atoms with Gasteiger partial charge in [0.05, 0.1) is 11.4 Å². The van der Waals surface area contributed by atoms with E-state index < -0.39 is 17.5 Å². The molecule has 0 fully saturated rings. The minimum atomic E-state index is -1.22. The van der Waals surface area contributed by atoms with Crippen LogP contribution in [0.1, 0.15) is 19.4 Å². The van der Waals surface area contributed by atoms with Crippen molar-refractivity contribution in [1.29, 1.82) is 0 Å². The molecule has 0 saturated carbocycles. The Labute approximate surface area is 171 Å². The van der Waals surface area contributed by atoms with Crippen molar-refractivity contribution in [2.45, 2.75) is 26.8 Å². The Morgan fingerprint density at radius 2 is 1.80 bits per heavy atom. The summed E-state index contributed by atoms with van der Waals surface area (Å²) >= 11 is 0. The molecule has 0 amide bonds. The molecule has 0 aliphatic carbocycles. The van der Waals surface area contributed by atoms with Crippen molar-refractivity contribution < 1.29 is 13.2 Å².